The average Bonchev–Trinajstić information content (AvgIpc) is 2.43. The van der Waals surface area contributed by atoms with Gasteiger partial charge in [-0.15, -0.1) is 0 Å². The highest BCUT2D eigenvalue weighted by Gasteiger charge is 2.27. The molecule has 21 heavy (non-hydrogen) atoms. The molecule has 0 aliphatic rings. The standard InChI is InChI=1S/C14H17F3O4/c1-2-20-13-8-11(9-18)4-5-12(13)21-7-3-6-19-10-14(15,16)17/h4-5,8-9H,2-3,6-7,10H2,1H3. The normalized spacial score (nSPS) is 11.2. The van der Waals surface area contributed by atoms with Crippen molar-refractivity contribution in [2.24, 2.45) is 0 Å². The summed E-state index contributed by atoms with van der Waals surface area (Å²) < 4.78 is 50.7. The Morgan fingerprint density at radius 3 is 2.52 bits per heavy atom. The molecule has 0 radical (unpaired) electrons. The zero-order valence-corrected chi connectivity index (χ0v) is 11.6. The smallest absolute Gasteiger partial charge is 0.411 e. The van der Waals surface area contributed by atoms with Gasteiger partial charge in [-0.1, -0.05) is 0 Å². The number of ether oxygens (including phenoxy) is 3. The average molecular weight is 306 g/mol. The molecule has 0 aliphatic carbocycles. The van der Waals surface area contributed by atoms with Crippen molar-refractivity contribution < 1.29 is 32.2 Å². The Hall–Kier alpha value is -1.76. The molecule has 4 nitrogen and oxygen atoms in total. The summed E-state index contributed by atoms with van der Waals surface area (Å²) in [7, 11) is 0. The lowest BCUT2D eigenvalue weighted by atomic mass is 10.2. The van der Waals surface area contributed by atoms with Gasteiger partial charge < -0.3 is 14.2 Å². The van der Waals surface area contributed by atoms with Crippen molar-refractivity contribution in [1.29, 1.82) is 0 Å². The first kappa shape index (κ1) is 17.3. The molecule has 0 saturated heterocycles. The van der Waals surface area contributed by atoms with E-state index in [1.807, 2.05) is 0 Å². The van der Waals surface area contributed by atoms with Crippen LogP contribution in [0.15, 0.2) is 18.2 Å². The fourth-order valence-electron chi connectivity index (χ4n) is 1.52. The van der Waals surface area contributed by atoms with Crippen LogP contribution in [0.25, 0.3) is 0 Å². The topological polar surface area (TPSA) is 44.8 Å². The van der Waals surface area contributed by atoms with Crippen LogP contribution in [-0.4, -0.2) is 38.9 Å². The van der Waals surface area contributed by atoms with Gasteiger partial charge in [-0.3, -0.25) is 4.79 Å². The van der Waals surface area contributed by atoms with E-state index in [0.29, 0.717) is 36.4 Å². The Kier molecular flexibility index (Phi) is 7.01. The molecule has 1 aromatic rings. The molecule has 0 amide bonds. The highest BCUT2D eigenvalue weighted by Crippen LogP contribution is 2.28. The van der Waals surface area contributed by atoms with E-state index in [4.69, 9.17) is 9.47 Å². The van der Waals surface area contributed by atoms with Crippen LogP contribution in [0.3, 0.4) is 0 Å². The van der Waals surface area contributed by atoms with Crippen molar-refractivity contribution in [3.8, 4) is 11.5 Å². The molecule has 118 valence electrons. The van der Waals surface area contributed by atoms with Gasteiger partial charge in [0.1, 0.15) is 12.9 Å². The summed E-state index contributed by atoms with van der Waals surface area (Å²) in [5.41, 5.74) is 0.458. The fourth-order valence-corrected chi connectivity index (χ4v) is 1.52. The van der Waals surface area contributed by atoms with E-state index in [1.54, 1.807) is 25.1 Å². The number of halogens is 3. The van der Waals surface area contributed by atoms with Crippen molar-refractivity contribution in [3.05, 3.63) is 23.8 Å². The number of hydrogen-bond acceptors (Lipinski definition) is 4. The predicted octanol–water partition coefficient (Wildman–Crippen LogP) is 3.25. The lowest BCUT2D eigenvalue weighted by Crippen LogP contribution is -2.18. The van der Waals surface area contributed by atoms with Crippen molar-refractivity contribution >= 4 is 6.29 Å². The molecule has 7 heteroatoms. The van der Waals surface area contributed by atoms with Crippen molar-refractivity contribution in [2.75, 3.05) is 26.4 Å². The van der Waals surface area contributed by atoms with E-state index < -0.39 is 12.8 Å². The third kappa shape index (κ3) is 6.99. The zero-order valence-electron chi connectivity index (χ0n) is 11.6. The molecule has 0 spiro atoms. The molecule has 0 aromatic heterocycles. The molecule has 0 fully saturated rings. The lowest BCUT2D eigenvalue weighted by molar-refractivity contribution is -0.174. The summed E-state index contributed by atoms with van der Waals surface area (Å²) in [6.07, 6.45) is -3.30. The van der Waals surface area contributed by atoms with Gasteiger partial charge in [0.2, 0.25) is 0 Å². The number of hydrogen-bond donors (Lipinski definition) is 0. The number of carbonyl (C=O) groups is 1. The minimum atomic E-state index is -4.31. The molecule has 0 bridgehead atoms. The maximum Gasteiger partial charge on any atom is 0.411 e. The van der Waals surface area contributed by atoms with Crippen LogP contribution < -0.4 is 9.47 Å². The van der Waals surface area contributed by atoms with E-state index in [1.165, 1.54) is 0 Å². The molecule has 0 N–H and O–H groups in total. The Morgan fingerprint density at radius 1 is 1.14 bits per heavy atom. The van der Waals surface area contributed by atoms with Crippen molar-refractivity contribution in [3.63, 3.8) is 0 Å². The maximum absolute atomic E-state index is 11.8. The number of carbonyl (C=O) groups excluding carboxylic acids is 1. The monoisotopic (exact) mass is 306 g/mol. The number of benzene rings is 1. The summed E-state index contributed by atoms with van der Waals surface area (Å²) in [4.78, 5) is 10.7. The van der Waals surface area contributed by atoms with Gasteiger partial charge in [0.15, 0.2) is 11.5 Å². The maximum atomic E-state index is 11.8. The van der Waals surface area contributed by atoms with Crippen LogP contribution in [0.4, 0.5) is 13.2 Å². The van der Waals surface area contributed by atoms with Crippen LogP contribution in [0.1, 0.15) is 23.7 Å². The molecule has 0 saturated carbocycles. The van der Waals surface area contributed by atoms with Gasteiger partial charge in [0.05, 0.1) is 19.8 Å². The summed E-state index contributed by atoms with van der Waals surface area (Å²) in [6, 6.07) is 4.71. The quantitative estimate of drug-likeness (QED) is 0.519. The number of alkyl halides is 3. The second-order valence-electron chi connectivity index (χ2n) is 4.13. The molecule has 0 aliphatic heterocycles. The molecule has 1 aromatic carbocycles. The van der Waals surface area contributed by atoms with E-state index in [2.05, 4.69) is 4.74 Å². The molecular weight excluding hydrogens is 289 g/mol. The molecule has 0 heterocycles. The largest absolute Gasteiger partial charge is 0.490 e. The highest BCUT2D eigenvalue weighted by atomic mass is 19.4. The molecule has 0 unspecified atom stereocenters. The van der Waals surface area contributed by atoms with Crippen LogP contribution in [0.2, 0.25) is 0 Å². The fraction of sp³-hybridized carbons (Fsp3) is 0.500. The van der Waals surface area contributed by atoms with Gasteiger partial charge in [-0.2, -0.15) is 13.2 Å². The summed E-state index contributed by atoms with van der Waals surface area (Å²) >= 11 is 0. The Labute approximate surface area is 120 Å². The zero-order chi connectivity index (χ0) is 15.7. The van der Waals surface area contributed by atoms with Gasteiger partial charge >= 0.3 is 6.18 Å². The second kappa shape index (κ2) is 8.51. The minimum Gasteiger partial charge on any atom is -0.490 e. The Balaban J connectivity index is 2.39. The SMILES string of the molecule is CCOc1cc(C=O)ccc1OCCCOCC(F)(F)F. The molecule has 1 rings (SSSR count). The van der Waals surface area contributed by atoms with E-state index >= 15 is 0 Å². The third-order valence-corrected chi connectivity index (χ3v) is 2.36. The van der Waals surface area contributed by atoms with Gasteiger partial charge in [0, 0.05) is 12.0 Å². The van der Waals surface area contributed by atoms with Gasteiger partial charge in [-0.05, 0) is 25.1 Å². The van der Waals surface area contributed by atoms with Crippen molar-refractivity contribution in [1.82, 2.24) is 0 Å². The van der Waals surface area contributed by atoms with Gasteiger partial charge in [0.25, 0.3) is 0 Å². The number of rotatable bonds is 9. The Bertz CT molecular complexity index is 446. The molecular formula is C14H17F3O4. The summed E-state index contributed by atoms with van der Waals surface area (Å²) in [6.45, 7) is 1.09. The second-order valence-corrected chi connectivity index (χ2v) is 4.13. The van der Waals surface area contributed by atoms with Crippen LogP contribution >= 0.6 is 0 Å². The van der Waals surface area contributed by atoms with Crippen molar-refractivity contribution in [2.45, 2.75) is 19.5 Å². The summed E-state index contributed by atoms with van der Waals surface area (Å²) in [5, 5.41) is 0. The van der Waals surface area contributed by atoms with Gasteiger partial charge in [-0.25, -0.2) is 0 Å². The first-order valence-electron chi connectivity index (χ1n) is 6.45. The van der Waals surface area contributed by atoms with Crippen LogP contribution in [0, 0.1) is 0 Å². The first-order chi connectivity index (χ1) is 9.96. The van der Waals surface area contributed by atoms with E-state index in [-0.39, 0.29) is 13.2 Å². The number of aldehydes is 1. The predicted molar refractivity (Wildman–Crippen MR) is 70.0 cm³/mol. The minimum absolute atomic E-state index is 0.0457. The Morgan fingerprint density at radius 2 is 1.90 bits per heavy atom. The lowest BCUT2D eigenvalue weighted by Gasteiger charge is -2.12. The summed E-state index contributed by atoms with van der Waals surface area (Å²) in [5.74, 6) is 0.872. The first-order valence-corrected chi connectivity index (χ1v) is 6.45. The molecule has 0 atom stereocenters. The third-order valence-electron chi connectivity index (χ3n) is 2.36. The highest BCUT2D eigenvalue weighted by molar-refractivity contribution is 5.76. The van der Waals surface area contributed by atoms with E-state index in [9.17, 15) is 18.0 Å². The van der Waals surface area contributed by atoms with E-state index in [0.717, 1.165) is 0 Å². The van der Waals surface area contributed by atoms with Crippen LogP contribution in [0.5, 0.6) is 11.5 Å². The van der Waals surface area contributed by atoms with Crippen LogP contribution in [-0.2, 0) is 4.74 Å².